The largest absolute Gasteiger partial charge is 0.439 e. The molecule has 0 aliphatic heterocycles. The van der Waals surface area contributed by atoms with Crippen LogP contribution in [0, 0.1) is 0 Å². The van der Waals surface area contributed by atoms with Crippen LogP contribution in [0.5, 0.6) is 11.6 Å². The molecule has 0 fully saturated rings. The lowest BCUT2D eigenvalue weighted by molar-refractivity contribution is 0.461. The highest BCUT2D eigenvalue weighted by molar-refractivity contribution is 6.30. The molecule has 0 radical (unpaired) electrons. The number of aromatic nitrogens is 1. The Balaban J connectivity index is 1.82. The highest BCUT2D eigenvalue weighted by Crippen LogP contribution is 2.27. The minimum absolute atomic E-state index is 0.579. The molecular weight excluding hydrogens is 246 g/mol. The summed E-state index contributed by atoms with van der Waals surface area (Å²) in [6, 6.07) is 9.87. The van der Waals surface area contributed by atoms with Crippen molar-refractivity contribution in [2.45, 2.75) is 25.7 Å². The summed E-state index contributed by atoms with van der Waals surface area (Å²) >= 11 is 5.79. The fourth-order valence-electron chi connectivity index (χ4n) is 2.32. The van der Waals surface area contributed by atoms with Gasteiger partial charge in [-0.25, -0.2) is 4.98 Å². The molecule has 1 heterocycles. The first kappa shape index (κ1) is 11.5. The number of pyridine rings is 1. The molecule has 0 amide bonds. The van der Waals surface area contributed by atoms with Gasteiger partial charge in [0.05, 0.1) is 5.02 Å². The lowest BCUT2D eigenvalue weighted by Gasteiger charge is -2.16. The molecule has 1 aliphatic rings. The van der Waals surface area contributed by atoms with Crippen LogP contribution in [0.2, 0.25) is 5.02 Å². The van der Waals surface area contributed by atoms with E-state index in [4.69, 9.17) is 16.3 Å². The second-order valence-electron chi connectivity index (χ2n) is 4.55. The van der Waals surface area contributed by atoms with E-state index < -0.39 is 0 Å². The smallest absolute Gasteiger partial charge is 0.219 e. The van der Waals surface area contributed by atoms with Crippen LogP contribution in [-0.2, 0) is 12.8 Å². The normalized spacial score (nSPS) is 14.1. The van der Waals surface area contributed by atoms with Crippen molar-refractivity contribution in [3.8, 4) is 11.6 Å². The Kier molecular flexibility index (Phi) is 3.20. The average molecular weight is 260 g/mol. The van der Waals surface area contributed by atoms with Crippen molar-refractivity contribution in [3.63, 3.8) is 0 Å². The lowest BCUT2D eigenvalue weighted by atomic mass is 9.92. The van der Waals surface area contributed by atoms with Crippen molar-refractivity contribution in [1.29, 1.82) is 0 Å². The van der Waals surface area contributed by atoms with Gasteiger partial charge in [0.15, 0.2) is 0 Å². The monoisotopic (exact) mass is 259 g/mol. The first-order chi connectivity index (χ1) is 8.81. The molecule has 0 unspecified atom stereocenters. The molecule has 0 bridgehead atoms. The zero-order valence-electron chi connectivity index (χ0n) is 10.0. The second kappa shape index (κ2) is 4.99. The number of halogens is 1. The summed E-state index contributed by atoms with van der Waals surface area (Å²) < 4.78 is 5.73. The van der Waals surface area contributed by atoms with E-state index in [-0.39, 0.29) is 0 Å². The first-order valence-electron chi connectivity index (χ1n) is 6.22. The number of aryl methyl sites for hydroxylation is 2. The van der Waals surface area contributed by atoms with E-state index in [2.05, 4.69) is 17.1 Å². The molecule has 0 saturated carbocycles. The second-order valence-corrected chi connectivity index (χ2v) is 4.99. The van der Waals surface area contributed by atoms with Crippen molar-refractivity contribution in [3.05, 3.63) is 52.7 Å². The van der Waals surface area contributed by atoms with E-state index in [0.717, 1.165) is 12.2 Å². The molecule has 2 nitrogen and oxygen atoms in total. The van der Waals surface area contributed by atoms with E-state index in [1.165, 1.54) is 30.4 Å². The number of rotatable bonds is 2. The standard InChI is InChI=1S/C15H14ClNO/c16-13-6-8-15(17-10-13)18-14-7-5-11-3-1-2-4-12(11)9-14/h5-10H,1-4H2. The summed E-state index contributed by atoms with van der Waals surface area (Å²) in [7, 11) is 0. The van der Waals surface area contributed by atoms with Gasteiger partial charge in [0, 0.05) is 12.3 Å². The minimum atomic E-state index is 0.579. The molecule has 3 heteroatoms. The van der Waals surface area contributed by atoms with Crippen LogP contribution in [0.3, 0.4) is 0 Å². The van der Waals surface area contributed by atoms with Gasteiger partial charge >= 0.3 is 0 Å². The van der Waals surface area contributed by atoms with E-state index in [0.29, 0.717) is 10.9 Å². The van der Waals surface area contributed by atoms with Crippen LogP contribution in [-0.4, -0.2) is 4.98 Å². The molecule has 1 aliphatic carbocycles. The lowest BCUT2D eigenvalue weighted by Crippen LogP contribution is -2.02. The van der Waals surface area contributed by atoms with Crippen molar-refractivity contribution in [1.82, 2.24) is 4.98 Å². The van der Waals surface area contributed by atoms with E-state index >= 15 is 0 Å². The Hall–Kier alpha value is -1.54. The molecule has 0 N–H and O–H groups in total. The molecule has 1 aromatic heterocycles. The summed E-state index contributed by atoms with van der Waals surface area (Å²) in [5, 5.41) is 0.618. The Morgan fingerprint density at radius 1 is 1.00 bits per heavy atom. The number of benzene rings is 1. The van der Waals surface area contributed by atoms with Gasteiger partial charge in [-0.3, -0.25) is 0 Å². The van der Waals surface area contributed by atoms with E-state index in [9.17, 15) is 0 Å². The van der Waals surface area contributed by atoms with Gasteiger partial charge < -0.3 is 4.74 Å². The van der Waals surface area contributed by atoms with Crippen LogP contribution in [0.1, 0.15) is 24.0 Å². The molecule has 0 spiro atoms. The maximum absolute atomic E-state index is 5.79. The van der Waals surface area contributed by atoms with Crippen molar-refractivity contribution < 1.29 is 4.74 Å². The van der Waals surface area contributed by atoms with Crippen molar-refractivity contribution in [2.75, 3.05) is 0 Å². The zero-order valence-corrected chi connectivity index (χ0v) is 10.8. The van der Waals surface area contributed by atoms with Crippen LogP contribution < -0.4 is 4.74 Å². The third kappa shape index (κ3) is 2.49. The fraction of sp³-hybridized carbons (Fsp3) is 0.267. The van der Waals surface area contributed by atoms with Crippen LogP contribution >= 0.6 is 11.6 Å². The molecule has 0 saturated heterocycles. The van der Waals surface area contributed by atoms with E-state index in [1.807, 2.05) is 6.07 Å². The summed E-state index contributed by atoms with van der Waals surface area (Å²) in [6.07, 6.45) is 6.51. The third-order valence-corrected chi connectivity index (χ3v) is 3.47. The number of hydrogen-bond acceptors (Lipinski definition) is 2. The topological polar surface area (TPSA) is 22.1 Å². The maximum Gasteiger partial charge on any atom is 0.219 e. The predicted octanol–water partition coefficient (Wildman–Crippen LogP) is 4.41. The summed E-state index contributed by atoms with van der Waals surface area (Å²) in [4.78, 5) is 4.13. The predicted molar refractivity (Wildman–Crippen MR) is 72.4 cm³/mol. The highest BCUT2D eigenvalue weighted by Gasteiger charge is 2.10. The first-order valence-corrected chi connectivity index (χ1v) is 6.60. The average Bonchev–Trinajstić information content (AvgIpc) is 2.41. The molecule has 1 aromatic carbocycles. The molecular formula is C15H14ClNO. The number of hydrogen-bond donors (Lipinski definition) is 0. The SMILES string of the molecule is Clc1ccc(Oc2ccc3c(c2)CCCC3)nc1. The highest BCUT2D eigenvalue weighted by atomic mass is 35.5. The van der Waals surface area contributed by atoms with E-state index in [1.54, 1.807) is 18.3 Å². The van der Waals surface area contributed by atoms with Gasteiger partial charge in [0.2, 0.25) is 5.88 Å². The van der Waals surface area contributed by atoms with Crippen LogP contribution in [0.4, 0.5) is 0 Å². The zero-order chi connectivity index (χ0) is 12.4. The quantitative estimate of drug-likeness (QED) is 0.797. The molecule has 3 rings (SSSR count). The van der Waals surface area contributed by atoms with Gasteiger partial charge in [-0.15, -0.1) is 0 Å². The van der Waals surface area contributed by atoms with Gasteiger partial charge in [0.25, 0.3) is 0 Å². The summed E-state index contributed by atoms with van der Waals surface area (Å²) in [5.74, 6) is 1.43. The fourth-order valence-corrected chi connectivity index (χ4v) is 2.43. The maximum atomic E-state index is 5.79. The number of ether oxygens (including phenoxy) is 1. The Morgan fingerprint density at radius 2 is 1.83 bits per heavy atom. The molecule has 92 valence electrons. The van der Waals surface area contributed by atoms with Crippen LogP contribution in [0.25, 0.3) is 0 Å². The molecule has 2 aromatic rings. The summed E-state index contributed by atoms with van der Waals surface area (Å²) in [5.41, 5.74) is 2.87. The van der Waals surface area contributed by atoms with Crippen molar-refractivity contribution in [2.24, 2.45) is 0 Å². The minimum Gasteiger partial charge on any atom is -0.439 e. The molecule has 18 heavy (non-hydrogen) atoms. The van der Waals surface area contributed by atoms with Gasteiger partial charge in [-0.05, 0) is 55.0 Å². The van der Waals surface area contributed by atoms with Crippen LogP contribution in [0.15, 0.2) is 36.5 Å². The Morgan fingerprint density at radius 3 is 2.61 bits per heavy atom. The van der Waals surface area contributed by atoms with Gasteiger partial charge in [0.1, 0.15) is 5.75 Å². The Bertz CT molecular complexity index is 551. The van der Waals surface area contributed by atoms with Gasteiger partial charge in [-0.1, -0.05) is 17.7 Å². The third-order valence-electron chi connectivity index (χ3n) is 3.24. The Labute approximate surface area is 112 Å². The van der Waals surface area contributed by atoms with Gasteiger partial charge in [-0.2, -0.15) is 0 Å². The number of nitrogens with zero attached hydrogens (tertiary/aromatic N) is 1. The number of fused-ring (bicyclic) bond motifs is 1. The summed E-state index contributed by atoms with van der Waals surface area (Å²) in [6.45, 7) is 0. The molecule has 0 atom stereocenters. The van der Waals surface area contributed by atoms with Crippen molar-refractivity contribution >= 4 is 11.6 Å².